The smallest absolute Gasteiger partial charge is 0.414 e. The maximum absolute atomic E-state index is 12.5. The van der Waals surface area contributed by atoms with Crippen LogP contribution < -0.4 is 26.0 Å². The van der Waals surface area contributed by atoms with Crippen molar-refractivity contribution < 1.29 is 32.6 Å². The summed E-state index contributed by atoms with van der Waals surface area (Å²) in [6.07, 6.45) is -0.763. The van der Waals surface area contributed by atoms with Gasteiger partial charge >= 0.3 is 6.09 Å². The van der Waals surface area contributed by atoms with Crippen molar-refractivity contribution in [3.05, 3.63) is 65.7 Å². The number of carbonyl (C=O) groups is 3. The molecule has 0 spiro atoms. The average Bonchev–Trinajstić information content (AvgIpc) is 2.85. The molecule has 0 aliphatic rings. The van der Waals surface area contributed by atoms with E-state index in [9.17, 15) is 27.9 Å². The Hall–Kier alpha value is -4.01. The van der Waals surface area contributed by atoms with Gasteiger partial charge in [0.25, 0.3) is 0 Å². The molecule has 0 aliphatic heterocycles. The molecule has 2 aromatic carbocycles. The minimum atomic E-state index is -3.93. The highest BCUT2D eigenvalue weighted by Crippen LogP contribution is 2.10. The van der Waals surface area contributed by atoms with Crippen LogP contribution in [0, 0.1) is 5.41 Å². The van der Waals surface area contributed by atoms with Gasteiger partial charge in [0.15, 0.2) is 0 Å². The summed E-state index contributed by atoms with van der Waals surface area (Å²) in [7, 11) is -3.93. The Morgan fingerprint density at radius 3 is 2.17 bits per heavy atom. The molecule has 2 rings (SSSR count). The van der Waals surface area contributed by atoms with Crippen LogP contribution in [0.1, 0.15) is 38.8 Å². The van der Waals surface area contributed by atoms with Crippen LogP contribution in [0.2, 0.25) is 0 Å². The topological polar surface area (TPSA) is 199 Å². The van der Waals surface area contributed by atoms with Crippen LogP contribution in [0.5, 0.6) is 0 Å². The molecule has 0 aliphatic carbocycles. The number of aliphatic hydroxyl groups is 1. The molecule has 0 saturated heterocycles. The fourth-order valence-corrected chi connectivity index (χ4v) is 4.56. The number of anilines is 1. The molecule has 0 radical (unpaired) electrons. The summed E-state index contributed by atoms with van der Waals surface area (Å²) < 4.78 is 32.1. The highest BCUT2D eigenvalue weighted by atomic mass is 32.2. The minimum absolute atomic E-state index is 0.125. The molecule has 2 unspecified atom stereocenters. The van der Waals surface area contributed by atoms with E-state index in [0.29, 0.717) is 16.8 Å². The van der Waals surface area contributed by atoms with Crippen molar-refractivity contribution in [2.75, 3.05) is 11.9 Å². The second-order valence-corrected chi connectivity index (χ2v) is 11.6. The third kappa shape index (κ3) is 11.8. The van der Waals surface area contributed by atoms with Crippen LogP contribution in [0.4, 0.5) is 10.5 Å². The molecular formula is C26H36N6O7S. The third-order valence-corrected chi connectivity index (χ3v) is 6.45. The largest absolute Gasteiger partial charge is 0.444 e. The second-order valence-electron chi connectivity index (χ2n) is 9.87. The number of hydrogen-bond acceptors (Lipinski definition) is 8. The number of aliphatic hydroxyl groups excluding tert-OH is 1. The molecule has 2 atom stereocenters. The molecule has 3 amide bonds. The predicted octanol–water partition coefficient (Wildman–Crippen LogP) is 1.16. The Kier molecular flexibility index (Phi) is 11.6. The van der Waals surface area contributed by atoms with E-state index < -0.39 is 52.2 Å². The van der Waals surface area contributed by atoms with Gasteiger partial charge in [0.2, 0.25) is 27.8 Å². The maximum atomic E-state index is 12.5. The third-order valence-electron chi connectivity index (χ3n) is 5.09. The average molecular weight is 577 g/mol. The van der Waals surface area contributed by atoms with Gasteiger partial charge in [-0.05, 0) is 51.0 Å². The Bertz CT molecular complexity index is 1280. The van der Waals surface area contributed by atoms with E-state index in [2.05, 4.69) is 26.0 Å². The normalized spacial score (nSPS) is 12.9. The van der Waals surface area contributed by atoms with Crippen LogP contribution in [0.15, 0.2) is 54.6 Å². The number of amides is 3. The lowest BCUT2D eigenvalue weighted by Gasteiger charge is -2.20. The number of alkyl carbamates (subject to hydrolysis) is 1. The van der Waals surface area contributed by atoms with Crippen LogP contribution in [0.25, 0.3) is 0 Å². The molecule has 0 heterocycles. The first kappa shape index (κ1) is 32.2. The number of rotatable bonds is 11. The summed E-state index contributed by atoms with van der Waals surface area (Å²) >= 11 is 0. The van der Waals surface area contributed by atoms with Gasteiger partial charge in [-0.3, -0.25) is 20.3 Å². The first-order valence-electron chi connectivity index (χ1n) is 12.3. The highest BCUT2D eigenvalue weighted by Gasteiger charge is 2.26. The lowest BCUT2D eigenvalue weighted by atomic mass is 10.2. The number of nitrogens with one attached hydrogen (secondary N) is 6. The number of hydrogen-bond donors (Lipinski definition) is 7. The van der Waals surface area contributed by atoms with Crippen LogP contribution in [0.3, 0.4) is 0 Å². The number of ether oxygens (including phenoxy) is 1. The van der Waals surface area contributed by atoms with Crippen molar-refractivity contribution in [3.63, 3.8) is 0 Å². The zero-order valence-electron chi connectivity index (χ0n) is 22.8. The van der Waals surface area contributed by atoms with Gasteiger partial charge in [-0.25, -0.2) is 17.9 Å². The lowest BCUT2D eigenvalue weighted by Crippen LogP contribution is -2.54. The summed E-state index contributed by atoms with van der Waals surface area (Å²) in [5.74, 6) is -2.02. The fraction of sp³-hybridized carbons (Fsp3) is 0.385. The molecule has 2 aromatic rings. The summed E-state index contributed by atoms with van der Waals surface area (Å²) in [6.45, 7) is 5.88. The number of benzene rings is 2. The Labute approximate surface area is 233 Å². The van der Waals surface area contributed by atoms with E-state index in [1.807, 2.05) is 0 Å². The van der Waals surface area contributed by atoms with E-state index in [1.165, 1.54) is 6.92 Å². The van der Waals surface area contributed by atoms with Crippen molar-refractivity contribution in [2.45, 2.75) is 57.7 Å². The van der Waals surface area contributed by atoms with E-state index in [1.54, 1.807) is 75.4 Å². The quantitative estimate of drug-likeness (QED) is 0.153. The molecule has 0 bridgehead atoms. The summed E-state index contributed by atoms with van der Waals surface area (Å²) in [5, 5.41) is 27.4. The predicted molar refractivity (Wildman–Crippen MR) is 150 cm³/mol. The van der Waals surface area contributed by atoms with Crippen LogP contribution >= 0.6 is 0 Å². The van der Waals surface area contributed by atoms with Gasteiger partial charge < -0.3 is 25.8 Å². The zero-order chi connectivity index (χ0) is 29.9. The Morgan fingerprint density at radius 1 is 0.975 bits per heavy atom. The van der Waals surface area contributed by atoms with E-state index >= 15 is 0 Å². The minimum Gasteiger partial charge on any atom is -0.444 e. The van der Waals surface area contributed by atoms with Gasteiger partial charge in [0.05, 0.1) is 12.4 Å². The Morgan fingerprint density at radius 2 is 1.60 bits per heavy atom. The molecule has 40 heavy (non-hydrogen) atoms. The molecule has 7 N–H and O–H groups in total. The SMILES string of the molecule is CC(NC(=O)C(CO)NS(=O)(=O)Cc1ccccc1)C(=O)NCc1ccc(NC(=N)NC(=O)OC(C)(C)C)cc1. The van der Waals surface area contributed by atoms with E-state index in [0.717, 1.165) is 0 Å². The van der Waals surface area contributed by atoms with Gasteiger partial charge in [-0.1, -0.05) is 42.5 Å². The van der Waals surface area contributed by atoms with Crippen molar-refractivity contribution in [3.8, 4) is 0 Å². The highest BCUT2D eigenvalue weighted by molar-refractivity contribution is 7.88. The van der Waals surface area contributed by atoms with Gasteiger partial charge in [-0.15, -0.1) is 0 Å². The van der Waals surface area contributed by atoms with Gasteiger partial charge in [0.1, 0.15) is 17.7 Å². The lowest BCUT2D eigenvalue weighted by molar-refractivity contribution is -0.130. The molecule has 218 valence electrons. The number of sulfonamides is 1. The molecule has 0 saturated carbocycles. The summed E-state index contributed by atoms with van der Waals surface area (Å²) in [5.41, 5.74) is 1.05. The molecule has 0 aromatic heterocycles. The van der Waals surface area contributed by atoms with Gasteiger partial charge in [0, 0.05) is 12.2 Å². The van der Waals surface area contributed by atoms with E-state index in [4.69, 9.17) is 10.1 Å². The van der Waals surface area contributed by atoms with Crippen molar-refractivity contribution >= 4 is 39.6 Å². The molecular weight excluding hydrogens is 540 g/mol. The van der Waals surface area contributed by atoms with Crippen molar-refractivity contribution in [2.24, 2.45) is 0 Å². The van der Waals surface area contributed by atoms with Crippen LogP contribution in [-0.2, 0) is 36.6 Å². The first-order valence-corrected chi connectivity index (χ1v) is 14.0. The molecule has 0 fully saturated rings. The second kappa shape index (κ2) is 14.4. The standard InChI is InChI=1S/C26H36N6O7S/c1-17(29-23(35)21(15-33)32-40(37,38)16-19-8-6-5-7-9-19)22(34)28-14-18-10-12-20(13-11-18)30-24(27)31-25(36)39-26(2,3)4/h5-13,17,21,32-33H,14-16H2,1-4H3,(H,28,34)(H,29,35)(H3,27,30,31,36). The summed E-state index contributed by atoms with van der Waals surface area (Å²) in [6, 6.07) is 12.6. The fourth-order valence-electron chi connectivity index (χ4n) is 3.23. The monoisotopic (exact) mass is 576 g/mol. The molecule has 14 heteroatoms. The van der Waals surface area contributed by atoms with Crippen molar-refractivity contribution in [1.29, 1.82) is 5.41 Å². The Balaban J connectivity index is 1.82. The number of carbonyl (C=O) groups excluding carboxylic acids is 3. The summed E-state index contributed by atoms with van der Waals surface area (Å²) in [4.78, 5) is 36.7. The van der Waals surface area contributed by atoms with Crippen LogP contribution in [-0.4, -0.2) is 61.7 Å². The zero-order valence-corrected chi connectivity index (χ0v) is 23.6. The van der Waals surface area contributed by atoms with Crippen molar-refractivity contribution in [1.82, 2.24) is 20.7 Å². The maximum Gasteiger partial charge on any atom is 0.414 e. The van der Waals surface area contributed by atoms with Gasteiger partial charge in [-0.2, -0.15) is 0 Å². The first-order chi connectivity index (χ1) is 18.7. The number of guanidine groups is 1. The molecule has 13 nitrogen and oxygen atoms in total. The van der Waals surface area contributed by atoms with E-state index in [-0.39, 0.29) is 18.3 Å².